The fraction of sp³-hybridized carbons (Fsp3) is 0.292. The molecule has 0 saturated carbocycles. The number of carbonyl (C=O) groups excluding carboxylic acids is 3. The van der Waals surface area contributed by atoms with Gasteiger partial charge in [0.05, 0.1) is 17.8 Å². The third-order valence-electron chi connectivity index (χ3n) is 6.33. The van der Waals surface area contributed by atoms with Crippen molar-refractivity contribution in [3.63, 3.8) is 0 Å². The largest absolute Gasteiger partial charge is 0.326 e. The Balaban J connectivity index is 1.29. The molecule has 1 fully saturated rings. The normalized spacial score (nSPS) is 19.4. The van der Waals surface area contributed by atoms with E-state index in [-0.39, 0.29) is 30.7 Å². The van der Waals surface area contributed by atoms with Gasteiger partial charge in [-0.1, -0.05) is 24.3 Å². The first-order chi connectivity index (χ1) is 16.0. The molecule has 0 bridgehead atoms. The average Bonchev–Trinajstić information content (AvgIpc) is 3.41. The summed E-state index contributed by atoms with van der Waals surface area (Å²) >= 11 is 0. The summed E-state index contributed by atoms with van der Waals surface area (Å²) in [5.74, 6) is -0.350. The number of hydrogen-bond acceptors (Lipinski definition) is 5. The van der Waals surface area contributed by atoms with E-state index >= 15 is 0 Å². The van der Waals surface area contributed by atoms with Crippen LogP contribution >= 0.6 is 0 Å². The summed E-state index contributed by atoms with van der Waals surface area (Å²) in [4.78, 5) is 46.0. The second kappa shape index (κ2) is 8.16. The Morgan fingerprint density at radius 3 is 2.82 bits per heavy atom. The number of hydrogen-bond donors (Lipinski definition) is 1. The first-order valence-corrected chi connectivity index (χ1v) is 10.9. The van der Waals surface area contributed by atoms with Crippen LogP contribution in [0.15, 0.2) is 61.2 Å². The zero-order chi connectivity index (χ0) is 23.0. The molecule has 5 rings (SSSR count). The number of aromatic nitrogens is 3. The molecule has 33 heavy (non-hydrogen) atoms. The van der Waals surface area contributed by atoms with E-state index in [2.05, 4.69) is 15.4 Å². The van der Waals surface area contributed by atoms with E-state index in [1.165, 1.54) is 6.33 Å². The fourth-order valence-electron chi connectivity index (χ4n) is 4.73. The lowest BCUT2D eigenvalue weighted by molar-refractivity contribution is -0.117. The highest BCUT2D eigenvalue weighted by Gasteiger charge is 2.52. The molecule has 3 heterocycles. The van der Waals surface area contributed by atoms with Gasteiger partial charge in [-0.05, 0) is 43.2 Å². The Morgan fingerprint density at radius 1 is 1.15 bits per heavy atom. The van der Waals surface area contributed by atoms with Crippen molar-refractivity contribution in [3.8, 4) is 0 Å². The molecule has 0 aliphatic carbocycles. The third-order valence-corrected chi connectivity index (χ3v) is 6.33. The topological polar surface area (TPSA) is 100 Å². The SMILES string of the molecule is CC12CCC(=O)N1c1ccccc1C(=O)N2CCC(=O)Nc1cccc(Cn2cncn2)c1. The van der Waals surface area contributed by atoms with E-state index in [0.717, 1.165) is 5.56 Å². The van der Waals surface area contributed by atoms with Crippen LogP contribution in [-0.2, 0) is 16.1 Å². The van der Waals surface area contributed by atoms with Gasteiger partial charge in [0.15, 0.2) is 0 Å². The minimum Gasteiger partial charge on any atom is -0.326 e. The quantitative estimate of drug-likeness (QED) is 0.630. The van der Waals surface area contributed by atoms with E-state index in [1.807, 2.05) is 43.3 Å². The number of para-hydroxylation sites is 1. The highest BCUT2D eigenvalue weighted by Crippen LogP contribution is 2.43. The monoisotopic (exact) mass is 444 g/mol. The molecule has 1 atom stereocenters. The molecule has 0 radical (unpaired) electrons. The van der Waals surface area contributed by atoms with Crippen LogP contribution in [0.4, 0.5) is 11.4 Å². The minimum absolute atomic E-state index is 0.00361. The Morgan fingerprint density at radius 2 is 2.00 bits per heavy atom. The minimum atomic E-state index is -0.763. The Labute approximate surface area is 191 Å². The molecule has 2 aliphatic heterocycles. The zero-order valence-electron chi connectivity index (χ0n) is 18.3. The van der Waals surface area contributed by atoms with Gasteiger partial charge in [0.2, 0.25) is 11.8 Å². The van der Waals surface area contributed by atoms with Gasteiger partial charge in [0, 0.05) is 25.1 Å². The van der Waals surface area contributed by atoms with Crippen LogP contribution in [0, 0.1) is 0 Å². The van der Waals surface area contributed by atoms with Gasteiger partial charge in [0.1, 0.15) is 18.3 Å². The van der Waals surface area contributed by atoms with Gasteiger partial charge in [-0.3, -0.25) is 19.3 Å². The number of fused-ring (bicyclic) bond motifs is 3. The van der Waals surface area contributed by atoms with Crippen molar-refractivity contribution >= 4 is 29.1 Å². The lowest BCUT2D eigenvalue weighted by Crippen LogP contribution is -2.62. The van der Waals surface area contributed by atoms with Gasteiger partial charge in [-0.15, -0.1) is 0 Å². The van der Waals surface area contributed by atoms with Crippen molar-refractivity contribution in [1.82, 2.24) is 19.7 Å². The van der Waals surface area contributed by atoms with Gasteiger partial charge in [-0.25, -0.2) is 9.67 Å². The maximum atomic E-state index is 13.3. The fourth-order valence-corrected chi connectivity index (χ4v) is 4.73. The van der Waals surface area contributed by atoms with E-state index in [9.17, 15) is 14.4 Å². The number of nitrogens with one attached hydrogen (secondary N) is 1. The molecule has 1 saturated heterocycles. The zero-order valence-corrected chi connectivity index (χ0v) is 18.3. The summed E-state index contributed by atoms with van der Waals surface area (Å²) in [6, 6.07) is 14.7. The average molecular weight is 444 g/mol. The lowest BCUT2D eigenvalue weighted by Gasteiger charge is -2.48. The van der Waals surface area contributed by atoms with Gasteiger partial charge >= 0.3 is 0 Å². The molecule has 0 spiro atoms. The lowest BCUT2D eigenvalue weighted by atomic mass is 9.98. The number of anilines is 2. The number of rotatable bonds is 6. The molecule has 168 valence electrons. The van der Waals surface area contributed by atoms with Crippen molar-refractivity contribution in [3.05, 3.63) is 72.3 Å². The maximum Gasteiger partial charge on any atom is 0.257 e. The molecular weight excluding hydrogens is 420 g/mol. The molecule has 2 aromatic carbocycles. The molecule has 2 aliphatic rings. The summed E-state index contributed by atoms with van der Waals surface area (Å²) in [5, 5.41) is 7.01. The van der Waals surface area contributed by atoms with E-state index < -0.39 is 5.66 Å². The Hall–Kier alpha value is -4.01. The summed E-state index contributed by atoms with van der Waals surface area (Å²) in [6.45, 7) is 2.67. The highest BCUT2D eigenvalue weighted by atomic mass is 16.2. The van der Waals surface area contributed by atoms with Gasteiger partial charge < -0.3 is 10.2 Å². The number of benzene rings is 2. The van der Waals surface area contributed by atoms with Crippen LogP contribution in [0.2, 0.25) is 0 Å². The Kier molecular flexibility index (Phi) is 5.16. The van der Waals surface area contributed by atoms with Crippen molar-refractivity contribution in [1.29, 1.82) is 0 Å². The van der Waals surface area contributed by atoms with E-state index in [4.69, 9.17) is 0 Å². The first-order valence-electron chi connectivity index (χ1n) is 10.9. The van der Waals surface area contributed by atoms with Crippen LogP contribution in [0.25, 0.3) is 0 Å². The molecule has 9 nitrogen and oxygen atoms in total. The van der Waals surface area contributed by atoms with Crippen LogP contribution in [0.3, 0.4) is 0 Å². The predicted molar refractivity (Wildman–Crippen MR) is 121 cm³/mol. The molecule has 3 aromatic rings. The van der Waals surface area contributed by atoms with Gasteiger partial charge in [0.25, 0.3) is 5.91 Å². The van der Waals surface area contributed by atoms with Crippen molar-refractivity contribution in [2.24, 2.45) is 0 Å². The smallest absolute Gasteiger partial charge is 0.257 e. The number of amides is 3. The molecule has 1 aromatic heterocycles. The predicted octanol–water partition coefficient (Wildman–Crippen LogP) is 2.65. The second-order valence-electron chi connectivity index (χ2n) is 8.51. The summed E-state index contributed by atoms with van der Waals surface area (Å²) in [7, 11) is 0. The van der Waals surface area contributed by atoms with Crippen LogP contribution in [-0.4, -0.2) is 49.6 Å². The van der Waals surface area contributed by atoms with Crippen molar-refractivity contribution < 1.29 is 14.4 Å². The molecule has 1 N–H and O–H groups in total. The Bertz CT molecular complexity index is 1220. The number of nitrogens with zero attached hydrogens (tertiary/aromatic N) is 5. The number of carbonyl (C=O) groups is 3. The van der Waals surface area contributed by atoms with E-state index in [0.29, 0.717) is 36.3 Å². The second-order valence-corrected chi connectivity index (χ2v) is 8.51. The van der Waals surface area contributed by atoms with Crippen molar-refractivity contribution in [2.45, 2.75) is 38.4 Å². The highest BCUT2D eigenvalue weighted by molar-refractivity contribution is 6.10. The molecule has 9 heteroatoms. The maximum absolute atomic E-state index is 13.3. The standard InChI is InChI=1S/C24H24N6O3/c1-24-11-9-22(32)30(24)20-8-3-2-7-19(20)23(33)29(24)12-10-21(31)27-18-6-4-5-17(13-18)14-28-16-25-15-26-28/h2-8,13,15-16H,9-12,14H2,1H3,(H,27,31). The third kappa shape index (κ3) is 3.75. The van der Waals surface area contributed by atoms with E-state index in [1.54, 1.807) is 32.9 Å². The molecule has 3 amide bonds. The van der Waals surface area contributed by atoms with Crippen LogP contribution in [0.1, 0.15) is 42.1 Å². The summed E-state index contributed by atoms with van der Waals surface area (Å²) < 4.78 is 1.70. The van der Waals surface area contributed by atoms with Crippen molar-refractivity contribution in [2.75, 3.05) is 16.8 Å². The van der Waals surface area contributed by atoms with Crippen LogP contribution in [0.5, 0.6) is 0 Å². The summed E-state index contributed by atoms with van der Waals surface area (Å²) in [5.41, 5.74) is 2.04. The summed E-state index contributed by atoms with van der Waals surface area (Å²) in [6.07, 6.45) is 4.15. The van der Waals surface area contributed by atoms with Gasteiger partial charge in [-0.2, -0.15) is 5.10 Å². The molecule has 1 unspecified atom stereocenters. The first kappa shape index (κ1) is 20.9. The molecular formula is C24H24N6O3. The van der Waals surface area contributed by atoms with Crippen LogP contribution < -0.4 is 10.2 Å².